The molecule has 0 aromatic carbocycles. The predicted octanol–water partition coefficient (Wildman–Crippen LogP) is 1.92. The monoisotopic (exact) mass is 352 g/mol. The lowest BCUT2D eigenvalue weighted by atomic mass is 10.1. The van der Waals surface area contributed by atoms with Gasteiger partial charge in [-0.1, -0.05) is 6.07 Å². The van der Waals surface area contributed by atoms with E-state index in [0.717, 1.165) is 12.8 Å². The molecule has 8 heteroatoms. The van der Waals surface area contributed by atoms with Gasteiger partial charge in [-0.2, -0.15) is 0 Å². The van der Waals surface area contributed by atoms with Crippen molar-refractivity contribution in [2.75, 3.05) is 6.54 Å². The van der Waals surface area contributed by atoms with Crippen LogP contribution in [0.1, 0.15) is 23.2 Å². The lowest BCUT2D eigenvalue weighted by molar-refractivity contribution is 0.0677. The number of nitrogens with zero attached hydrogens (tertiary/aromatic N) is 1. The highest BCUT2D eigenvalue weighted by molar-refractivity contribution is 7.91. The lowest BCUT2D eigenvalue weighted by Gasteiger charge is -2.33. The van der Waals surface area contributed by atoms with E-state index in [1.807, 2.05) is 0 Å². The van der Waals surface area contributed by atoms with E-state index >= 15 is 0 Å². The predicted molar refractivity (Wildman–Crippen MR) is 84.7 cm³/mol. The average molecular weight is 352 g/mol. The molecule has 4 rings (SSSR count). The minimum atomic E-state index is -3.51. The van der Waals surface area contributed by atoms with Crippen LogP contribution in [0.15, 0.2) is 44.7 Å². The van der Waals surface area contributed by atoms with E-state index in [-0.39, 0.29) is 18.0 Å². The van der Waals surface area contributed by atoms with Crippen molar-refractivity contribution in [3.8, 4) is 0 Å². The lowest BCUT2D eigenvalue weighted by Crippen LogP contribution is -2.51. The van der Waals surface area contributed by atoms with Crippen molar-refractivity contribution in [2.24, 2.45) is 5.92 Å². The molecule has 2 aliphatic rings. The molecule has 23 heavy (non-hydrogen) atoms. The molecule has 2 fully saturated rings. The molecule has 2 aromatic heterocycles. The van der Waals surface area contributed by atoms with Gasteiger partial charge in [-0.25, -0.2) is 13.1 Å². The first-order chi connectivity index (χ1) is 11.0. The molecule has 0 unspecified atom stereocenters. The summed E-state index contributed by atoms with van der Waals surface area (Å²) in [5.41, 5.74) is 0.511. The molecule has 2 bridgehead atoms. The van der Waals surface area contributed by atoms with Gasteiger partial charge in [0.25, 0.3) is 5.91 Å². The van der Waals surface area contributed by atoms with Gasteiger partial charge in [0.15, 0.2) is 0 Å². The maximum atomic E-state index is 12.5. The molecule has 1 amide bonds. The van der Waals surface area contributed by atoms with Crippen molar-refractivity contribution < 1.29 is 17.6 Å². The maximum absolute atomic E-state index is 12.5. The van der Waals surface area contributed by atoms with Crippen LogP contribution in [0.3, 0.4) is 0 Å². The van der Waals surface area contributed by atoms with Crippen LogP contribution < -0.4 is 4.72 Å². The molecule has 1 aliphatic heterocycles. The van der Waals surface area contributed by atoms with Crippen LogP contribution >= 0.6 is 11.3 Å². The number of nitrogens with one attached hydrogen (secondary N) is 1. The van der Waals surface area contributed by atoms with E-state index < -0.39 is 10.0 Å². The number of sulfonamides is 1. The van der Waals surface area contributed by atoms with E-state index in [4.69, 9.17) is 4.42 Å². The topological polar surface area (TPSA) is 79.6 Å². The van der Waals surface area contributed by atoms with Crippen molar-refractivity contribution in [1.29, 1.82) is 0 Å². The Morgan fingerprint density at radius 2 is 2.22 bits per heavy atom. The standard InChI is InChI=1S/C15H16N2O4S2/c18-15(11-3-4-21-9-11)17-8-10-6-12(13(17)7-10)16-23(19,20)14-2-1-5-22-14/h1-5,9-10,12-13,16H,6-8H2/t10-,12+,13-/m1/s1. The first-order valence-corrected chi connectivity index (χ1v) is 9.80. The quantitative estimate of drug-likeness (QED) is 0.912. The molecule has 1 aliphatic carbocycles. The Morgan fingerprint density at radius 1 is 1.35 bits per heavy atom. The van der Waals surface area contributed by atoms with E-state index in [9.17, 15) is 13.2 Å². The molecule has 0 radical (unpaired) electrons. The summed E-state index contributed by atoms with van der Waals surface area (Å²) >= 11 is 1.20. The number of hydrogen-bond acceptors (Lipinski definition) is 5. The summed E-state index contributed by atoms with van der Waals surface area (Å²) in [5, 5.41) is 1.74. The number of rotatable bonds is 4. The van der Waals surface area contributed by atoms with Gasteiger partial charge in [0.05, 0.1) is 11.8 Å². The first kappa shape index (κ1) is 14.9. The normalized spacial score (nSPS) is 26.8. The van der Waals surface area contributed by atoms with Crippen molar-refractivity contribution in [3.05, 3.63) is 41.7 Å². The fourth-order valence-corrected chi connectivity index (χ4v) is 5.90. The second kappa shape index (κ2) is 5.47. The third kappa shape index (κ3) is 2.60. The molecule has 0 spiro atoms. The summed E-state index contributed by atoms with van der Waals surface area (Å²) in [6.45, 7) is 0.686. The average Bonchev–Trinajstić information content (AvgIpc) is 3.27. The molecule has 3 atom stereocenters. The number of carbonyl (C=O) groups is 1. The largest absolute Gasteiger partial charge is 0.472 e. The zero-order valence-electron chi connectivity index (χ0n) is 12.2. The number of furan rings is 1. The highest BCUT2D eigenvalue weighted by Crippen LogP contribution is 2.39. The van der Waals surface area contributed by atoms with Gasteiger partial charge >= 0.3 is 0 Å². The second-order valence-corrected chi connectivity index (χ2v) is 8.92. The molecular weight excluding hydrogens is 336 g/mol. The van der Waals surface area contributed by atoms with Crippen LogP contribution in [0.4, 0.5) is 0 Å². The highest BCUT2D eigenvalue weighted by atomic mass is 32.2. The molecule has 3 heterocycles. The third-order valence-corrected chi connectivity index (χ3v) is 7.46. The number of hydrogen-bond donors (Lipinski definition) is 1. The Morgan fingerprint density at radius 3 is 2.87 bits per heavy atom. The summed E-state index contributed by atoms with van der Waals surface area (Å²) in [6.07, 6.45) is 4.53. The van der Waals surface area contributed by atoms with Crippen molar-refractivity contribution >= 4 is 27.3 Å². The van der Waals surface area contributed by atoms with Gasteiger partial charge < -0.3 is 9.32 Å². The van der Waals surface area contributed by atoms with Gasteiger partial charge in [-0.3, -0.25) is 4.79 Å². The Labute approximate surface area is 138 Å². The number of piperidine rings is 1. The zero-order chi connectivity index (χ0) is 16.0. The Bertz CT molecular complexity index is 799. The Hall–Kier alpha value is -1.64. The van der Waals surface area contributed by atoms with Crippen LogP contribution in [0, 0.1) is 5.92 Å². The first-order valence-electron chi connectivity index (χ1n) is 7.43. The van der Waals surface area contributed by atoms with Gasteiger partial charge in [0.2, 0.25) is 10.0 Å². The smallest absolute Gasteiger partial charge is 0.257 e. The molecule has 1 N–H and O–H groups in total. The van der Waals surface area contributed by atoms with E-state index in [1.54, 1.807) is 28.5 Å². The number of fused-ring (bicyclic) bond motifs is 2. The Balaban J connectivity index is 1.53. The molecule has 1 saturated carbocycles. The third-order valence-electron chi connectivity index (χ3n) is 4.58. The maximum Gasteiger partial charge on any atom is 0.257 e. The van der Waals surface area contributed by atoms with Crippen molar-refractivity contribution in [2.45, 2.75) is 29.1 Å². The summed E-state index contributed by atoms with van der Waals surface area (Å²) in [4.78, 5) is 14.3. The van der Waals surface area contributed by atoms with Crippen LogP contribution in [0.2, 0.25) is 0 Å². The molecular formula is C15H16N2O4S2. The van der Waals surface area contributed by atoms with Crippen LogP contribution in [-0.2, 0) is 10.0 Å². The van der Waals surface area contributed by atoms with Crippen molar-refractivity contribution in [1.82, 2.24) is 9.62 Å². The van der Waals surface area contributed by atoms with Gasteiger partial charge in [-0.15, -0.1) is 11.3 Å². The van der Waals surface area contributed by atoms with Crippen molar-refractivity contribution in [3.63, 3.8) is 0 Å². The fraction of sp³-hybridized carbons (Fsp3) is 0.400. The minimum Gasteiger partial charge on any atom is -0.472 e. The summed E-state index contributed by atoms with van der Waals surface area (Å²) in [5.74, 6) is 0.262. The van der Waals surface area contributed by atoms with E-state index in [2.05, 4.69) is 4.72 Å². The molecule has 1 saturated heterocycles. The summed E-state index contributed by atoms with van der Waals surface area (Å²) in [6, 6.07) is 4.64. The summed E-state index contributed by atoms with van der Waals surface area (Å²) in [7, 11) is -3.51. The minimum absolute atomic E-state index is 0.0860. The van der Waals surface area contributed by atoms with E-state index in [1.165, 1.54) is 23.9 Å². The van der Waals surface area contributed by atoms with Gasteiger partial charge in [0, 0.05) is 18.6 Å². The number of thiophene rings is 1. The van der Waals surface area contributed by atoms with Crippen LogP contribution in [-0.4, -0.2) is 37.9 Å². The fourth-order valence-electron chi connectivity index (χ4n) is 3.61. The second-order valence-electron chi connectivity index (χ2n) is 6.03. The highest BCUT2D eigenvalue weighted by Gasteiger charge is 2.48. The number of carbonyl (C=O) groups excluding carboxylic acids is 1. The zero-order valence-corrected chi connectivity index (χ0v) is 13.8. The summed E-state index contributed by atoms with van der Waals surface area (Å²) < 4.78 is 32.9. The van der Waals surface area contributed by atoms with E-state index in [0.29, 0.717) is 22.2 Å². The van der Waals surface area contributed by atoms with Gasteiger partial charge in [-0.05, 0) is 36.3 Å². The molecule has 6 nitrogen and oxygen atoms in total. The molecule has 2 aromatic rings. The SMILES string of the molecule is O=C(c1ccoc1)N1C[C@@H]2C[C@H](NS(=O)(=O)c3cccs3)[C@H]1C2. The molecule has 122 valence electrons. The number of amides is 1. The van der Waals surface area contributed by atoms with Crippen LogP contribution in [0.5, 0.6) is 0 Å². The Kier molecular flexibility index (Phi) is 3.55. The van der Waals surface area contributed by atoms with Crippen LogP contribution in [0.25, 0.3) is 0 Å². The van der Waals surface area contributed by atoms with Gasteiger partial charge in [0.1, 0.15) is 10.5 Å². The number of likely N-dealkylation sites (tertiary alicyclic amines) is 1.